The number of nitrogens with two attached hydrogens (primary N) is 1. The van der Waals surface area contributed by atoms with E-state index in [1.807, 2.05) is 0 Å². The number of fused-ring (bicyclic) bond motifs is 2. The van der Waals surface area contributed by atoms with Crippen molar-refractivity contribution in [1.29, 1.82) is 0 Å². The summed E-state index contributed by atoms with van der Waals surface area (Å²) >= 11 is 0.558. The predicted octanol–water partition coefficient (Wildman–Crippen LogP) is 4.36. The Hall–Kier alpha value is -2.91. The molecule has 4 aromatic carbocycles. The maximum absolute atomic E-state index is 13.4. The van der Waals surface area contributed by atoms with Gasteiger partial charge in [-0.3, -0.25) is 9.27 Å². The molecule has 34 heavy (non-hydrogen) atoms. The van der Waals surface area contributed by atoms with Gasteiger partial charge in [-0.25, -0.2) is 13.7 Å². The fourth-order valence-electron chi connectivity index (χ4n) is 3.65. The Labute approximate surface area is 199 Å². The lowest BCUT2D eigenvalue weighted by molar-refractivity contribution is -0.432. The SMILES string of the molecule is Cc1cc(S(=O)(=O)Nc2cc(S(=O)(=O)O)c3cccc(SOOO)c3c2)c2ccccc2c1N. The first kappa shape index (κ1) is 24.2. The van der Waals surface area contributed by atoms with Gasteiger partial charge >= 0.3 is 0 Å². The van der Waals surface area contributed by atoms with E-state index >= 15 is 0 Å². The second kappa shape index (κ2) is 9.03. The van der Waals surface area contributed by atoms with Crippen molar-refractivity contribution in [3.8, 4) is 0 Å². The molecule has 4 rings (SSSR count). The molecule has 0 aliphatic rings. The summed E-state index contributed by atoms with van der Waals surface area (Å²) in [5.41, 5.74) is 6.99. The first-order valence-electron chi connectivity index (χ1n) is 9.52. The van der Waals surface area contributed by atoms with Gasteiger partial charge in [-0.1, -0.05) is 41.4 Å². The maximum Gasteiger partial charge on any atom is 0.295 e. The molecule has 178 valence electrons. The molecule has 0 aliphatic heterocycles. The first-order chi connectivity index (χ1) is 16.0. The summed E-state index contributed by atoms with van der Waals surface area (Å²) in [6.07, 6.45) is 0. The summed E-state index contributed by atoms with van der Waals surface area (Å²) in [6, 6.07) is 15.0. The molecule has 0 heterocycles. The summed E-state index contributed by atoms with van der Waals surface area (Å²) in [5.74, 6) is 0. The summed E-state index contributed by atoms with van der Waals surface area (Å²) in [6.45, 7) is 1.68. The average molecular weight is 523 g/mol. The second-order valence-electron chi connectivity index (χ2n) is 7.28. The molecule has 10 nitrogen and oxygen atoms in total. The molecule has 4 aromatic rings. The number of nitrogens with one attached hydrogen (secondary N) is 1. The van der Waals surface area contributed by atoms with Gasteiger partial charge in [0, 0.05) is 32.1 Å². The fourth-order valence-corrected chi connectivity index (χ4v) is 6.22. The van der Waals surface area contributed by atoms with E-state index in [1.54, 1.807) is 31.2 Å². The molecule has 0 bridgehead atoms. The van der Waals surface area contributed by atoms with E-state index in [0.29, 0.717) is 34.1 Å². The van der Waals surface area contributed by atoms with Crippen LogP contribution in [0, 0.1) is 6.92 Å². The van der Waals surface area contributed by atoms with E-state index in [9.17, 15) is 21.4 Å². The van der Waals surface area contributed by atoms with Crippen molar-refractivity contribution < 1.29 is 36.0 Å². The normalized spacial score (nSPS) is 12.3. The van der Waals surface area contributed by atoms with Crippen molar-refractivity contribution in [2.75, 3.05) is 10.5 Å². The number of anilines is 2. The standard InChI is InChI=1S/C21H18N2O8S3/c1-12-9-19(14-5-2-3-6-16(14)21(12)22)33(25,26)23-13-10-17-15(20(11-13)34(27,28)29)7-4-8-18(17)32-31-30-24/h2-11,23-24H,22H2,1H3,(H,27,28,29). The van der Waals surface area contributed by atoms with Crippen molar-refractivity contribution in [2.24, 2.45) is 0 Å². The van der Waals surface area contributed by atoms with Crippen LogP contribution in [0.4, 0.5) is 11.4 Å². The lowest BCUT2D eigenvalue weighted by Crippen LogP contribution is -2.15. The summed E-state index contributed by atoms with van der Waals surface area (Å²) in [5, 5.41) is 13.3. The van der Waals surface area contributed by atoms with E-state index in [4.69, 9.17) is 11.0 Å². The highest BCUT2D eigenvalue weighted by Crippen LogP contribution is 2.36. The van der Waals surface area contributed by atoms with Gasteiger partial charge < -0.3 is 5.73 Å². The van der Waals surface area contributed by atoms with Crippen LogP contribution in [0.3, 0.4) is 0 Å². The molecule has 0 spiro atoms. The number of nitrogen functional groups attached to an aromatic ring is 1. The molecule has 0 saturated carbocycles. The van der Waals surface area contributed by atoms with Crippen LogP contribution in [0.15, 0.2) is 75.4 Å². The lowest BCUT2D eigenvalue weighted by Gasteiger charge is -2.15. The summed E-state index contributed by atoms with van der Waals surface area (Å²) < 4.78 is 67.5. The summed E-state index contributed by atoms with van der Waals surface area (Å²) in [4.78, 5) is -0.289. The van der Waals surface area contributed by atoms with Crippen molar-refractivity contribution in [3.05, 3.63) is 66.2 Å². The molecule has 13 heteroatoms. The molecule has 0 radical (unpaired) electrons. The molecule has 0 unspecified atom stereocenters. The van der Waals surface area contributed by atoms with Gasteiger partial charge in [0.1, 0.15) is 4.90 Å². The van der Waals surface area contributed by atoms with Gasteiger partial charge in [-0.2, -0.15) is 8.42 Å². The van der Waals surface area contributed by atoms with Crippen LogP contribution in [0.1, 0.15) is 5.56 Å². The third-order valence-corrected chi connectivity index (χ3v) is 8.13. The minimum atomic E-state index is -4.74. The zero-order valence-electron chi connectivity index (χ0n) is 17.4. The Morgan fingerprint density at radius 3 is 2.21 bits per heavy atom. The minimum absolute atomic E-state index is 0.0528. The van der Waals surface area contributed by atoms with Crippen molar-refractivity contribution in [3.63, 3.8) is 0 Å². The zero-order valence-corrected chi connectivity index (χ0v) is 19.9. The number of sulfonamides is 1. The maximum atomic E-state index is 13.4. The fraction of sp³-hybridized carbons (Fsp3) is 0.0476. The number of hydrogen-bond donors (Lipinski definition) is 4. The van der Waals surface area contributed by atoms with Crippen LogP contribution < -0.4 is 10.5 Å². The molecule has 0 aromatic heterocycles. The predicted molar refractivity (Wildman–Crippen MR) is 128 cm³/mol. The molecular weight excluding hydrogens is 504 g/mol. The van der Waals surface area contributed by atoms with E-state index < -0.39 is 25.0 Å². The van der Waals surface area contributed by atoms with E-state index in [0.717, 1.165) is 6.07 Å². The zero-order chi connectivity index (χ0) is 24.7. The van der Waals surface area contributed by atoms with Gasteiger partial charge in [0.2, 0.25) is 0 Å². The Bertz CT molecular complexity index is 1640. The second-order valence-corrected chi connectivity index (χ2v) is 11.1. The minimum Gasteiger partial charge on any atom is -0.398 e. The van der Waals surface area contributed by atoms with Gasteiger partial charge in [-0.15, -0.1) is 4.33 Å². The Morgan fingerprint density at radius 2 is 1.53 bits per heavy atom. The van der Waals surface area contributed by atoms with Gasteiger partial charge in [0.25, 0.3) is 20.1 Å². The number of hydrogen-bond acceptors (Lipinski definition) is 9. The Balaban J connectivity index is 1.91. The Morgan fingerprint density at radius 1 is 0.882 bits per heavy atom. The van der Waals surface area contributed by atoms with E-state index in [-0.39, 0.29) is 26.3 Å². The monoisotopic (exact) mass is 522 g/mol. The molecule has 0 aliphatic carbocycles. The average Bonchev–Trinajstić information content (AvgIpc) is 2.78. The number of aryl methyl sites for hydroxylation is 1. The Kier molecular flexibility index (Phi) is 6.44. The van der Waals surface area contributed by atoms with Crippen LogP contribution in [0.5, 0.6) is 0 Å². The van der Waals surface area contributed by atoms with Crippen LogP contribution in [0.25, 0.3) is 21.5 Å². The highest BCUT2D eigenvalue weighted by atomic mass is 32.2. The molecule has 5 N–H and O–H groups in total. The quantitative estimate of drug-likeness (QED) is 0.0900. The topological polar surface area (TPSA) is 165 Å². The number of benzene rings is 4. The van der Waals surface area contributed by atoms with Crippen LogP contribution in [-0.2, 0) is 29.5 Å². The van der Waals surface area contributed by atoms with Crippen molar-refractivity contribution in [2.45, 2.75) is 21.6 Å². The van der Waals surface area contributed by atoms with E-state index in [2.05, 4.69) is 14.1 Å². The van der Waals surface area contributed by atoms with Gasteiger partial charge in [0.15, 0.2) is 0 Å². The highest BCUT2D eigenvalue weighted by molar-refractivity contribution is 7.94. The first-order valence-corrected chi connectivity index (χ1v) is 13.2. The molecule has 0 fully saturated rings. The largest absolute Gasteiger partial charge is 0.398 e. The smallest absolute Gasteiger partial charge is 0.295 e. The lowest BCUT2D eigenvalue weighted by atomic mass is 10.1. The number of rotatable bonds is 7. The summed E-state index contributed by atoms with van der Waals surface area (Å²) in [7, 11) is -8.96. The van der Waals surface area contributed by atoms with Crippen molar-refractivity contribution >= 4 is 65.1 Å². The van der Waals surface area contributed by atoms with E-state index in [1.165, 1.54) is 30.3 Å². The van der Waals surface area contributed by atoms with Gasteiger partial charge in [-0.05, 0) is 36.8 Å². The highest BCUT2D eigenvalue weighted by Gasteiger charge is 2.23. The van der Waals surface area contributed by atoms with Crippen molar-refractivity contribution in [1.82, 2.24) is 0 Å². The van der Waals surface area contributed by atoms with Crippen LogP contribution >= 0.6 is 12.0 Å². The molecule has 0 atom stereocenters. The molecule has 0 saturated heterocycles. The third-order valence-electron chi connectivity index (χ3n) is 5.15. The van der Waals surface area contributed by atoms with Crippen LogP contribution in [0.2, 0.25) is 0 Å². The third kappa shape index (κ3) is 4.54. The van der Waals surface area contributed by atoms with Gasteiger partial charge in [0.05, 0.1) is 22.6 Å². The molecular formula is C21H18N2O8S3. The molecule has 0 amide bonds. The van der Waals surface area contributed by atoms with Crippen LogP contribution in [-0.4, -0.2) is 26.6 Å².